The van der Waals surface area contributed by atoms with E-state index in [-0.39, 0.29) is 5.91 Å². The number of carbonyl (C=O) groups is 1. The van der Waals surface area contributed by atoms with Gasteiger partial charge in [-0.1, -0.05) is 25.1 Å². The first-order valence-electron chi connectivity index (χ1n) is 6.20. The zero-order valence-electron chi connectivity index (χ0n) is 11.3. The van der Waals surface area contributed by atoms with Gasteiger partial charge >= 0.3 is 0 Å². The summed E-state index contributed by atoms with van der Waals surface area (Å²) in [6.07, 6.45) is 1.47. The second-order valence-corrected chi connectivity index (χ2v) is 4.61. The maximum Gasteiger partial charge on any atom is 0.237 e. The molecule has 18 heavy (non-hydrogen) atoms. The van der Waals surface area contributed by atoms with Crippen LogP contribution in [0.1, 0.15) is 25.8 Å². The molecule has 0 saturated heterocycles. The third-order valence-corrected chi connectivity index (χ3v) is 3.05. The highest BCUT2D eigenvalue weighted by Crippen LogP contribution is 2.22. The predicted molar refractivity (Wildman–Crippen MR) is 72.6 cm³/mol. The van der Waals surface area contributed by atoms with Crippen LogP contribution in [0.5, 0.6) is 5.75 Å². The fourth-order valence-corrected chi connectivity index (χ4v) is 1.87. The van der Waals surface area contributed by atoms with Crippen molar-refractivity contribution in [1.82, 2.24) is 5.32 Å². The summed E-state index contributed by atoms with van der Waals surface area (Å²) >= 11 is 0. The molecule has 1 aromatic rings. The van der Waals surface area contributed by atoms with Crippen LogP contribution in [0.3, 0.4) is 0 Å². The molecule has 0 aliphatic rings. The largest absolute Gasteiger partial charge is 0.496 e. The maximum absolute atomic E-state index is 11.7. The average Bonchev–Trinajstić information content (AvgIpc) is 2.37. The van der Waals surface area contributed by atoms with Gasteiger partial charge in [0.15, 0.2) is 0 Å². The van der Waals surface area contributed by atoms with Crippen LogP contribution in [-0.2, 0) is 11.2 Å². The summed E-state index contributed by atoms with van der Waals surface area (Å²) in [5.74, 6) is 0.435. The van der Waals surface area contributed by atoms with E-state index < -0.39 is 5.54 Å². The van der Waals surface area contributed by atoms with Crippen molar-refractivity contribution in [2.75, 3.05) is 13.7 Å². The molecule has 0 saturated carbocycles. The first-order chi connectivity index (χ1) is 8.53. The zero-order valence-corrected chi connectivity index (χ0v) is 11.3. The highest BCUT2D eigenvalue weighted by Gasteiger charge is 2.31. The van der Waals surface area contributed by atoms with Gasteiger partial charge in [0.05, 0.1) is 12.6 Å². The van der Waals surface area contributed by atoms with Crippen molar-refractivity contribution in [1.29, 1.82) is 0 Å². The van der Waals surface area contributed by atoms with Crippen molar-refractivity contribution in [3.8, 4) is 5.75 Å². The van der Waals surface area contributed by atoms with Crippen molar-refractivity contribution >= 4 is 5.91 Å². The molecule has 0 aromatic heterocycles. The Bertz CT molecular complexity index is 407. The number of amides is 1. The average molecular weight is 250 g/mol. The molecule has 4 heteroatoms. The molecule has 0 radical (unpaired) electrons. The number of para-hydroxylation sites is 1. The number of ether oxygens (including phenoxy) is 1. The van der Waals surface area contributed by atoms with Gasteiger partial charge in [0, 0.05) is 6.42 Å². The summed E-state index contributed by atoms with van der Waals surface area (Å²) in [4.78, 5) is 11.7. The highest BCUT2D eigenvalue weighted by atomic mass is 16.5. The number of nitrogens with two attached hydrogens (primary N) is 1. The van der Waals surface area contributed by atoms with Gasteiger partial charge in [-0.25, -0.2) is 0 Å². The van der Waals surface area contributed by atoms with Crippen LogP contribution >= 0.6 is 0 Å². The van der Waals surface area contributed by atoms with E-state index >= 15 is 0 Å². The summed E-state index contributed by atoms with van der Waals surface area (Å²) in [5.41, 5.74) is 5.74. The topological polar surface area (TPSA) is 64.3 Å². The smallest absolute Gasteiger partial charge is 0.237 e. The molecule has 1 amide bonds. The van der Waals surface area contributed by atoms with E-state index in [4.69, 9.17) is 10.5 Å². The Morgan fingerprint density at radius 2 is 2.11 bits per heavy atom. The summed E-state index contributed by atoms with van der Waals surface area (Å²) in [6.45, 7) is 4.64. The van der Waals surface area contributed by atoms with Gasteiger partial charge in [-0.3, -0.25) is 4.79 Å². The van der Waals surface area contributed by atoms with Crippen LogP contribution in [0.15, 0.2) is 24.3 Å². The Balaban J connectivity index is 2.92. The Morgan fingerprint density at radius 3 is 2.67 bits per heavy atom. The van der Waals surface area contributed by atoms with Gasteiger partial charge in [-0.15, -0.1) is 0 Å². The minimum atomic E-state index is -0.745. The second-order valence-electron chi connectivity index (χ2n) is 4.61. The van der Waals surface area contributed by atoms with Gasteiger partial charge in [0.25, 0.3) is 0 Å². The van der Waals surface area contributed by atoms with E-state index in [9.17, 15) is 4.79 Å². The number of hydrogen-bond acceptors (Lipinski definition) is 3. The molecule has 0 aliphatic heterocycles. The van der Waals surface area contributed by atoms with Crippen LogP contribution in [0.25, 0.3) is 0 Å². The van der Waals surface area contributed by atoms with Crippen LogP contribution in [-0.4, -0.2) is 25.1 Å². The first kappa shape index (κ1) is 14.5. The van der Waals surface area contributed by atoms with Crippen molar-refractivity contribution in [2.45, 2.75) is 32.2 Å². The molecule has 1 rings (SSSR count). The summed E-state index contributed by atoms with van der Waals surface area (Å²) < 4.78 is 5.30. The van der Waals surface area contributed by atoms with Crippen molar-refractivity contribution in [3.05, 3.63) is 29.8 Å². The highest BCUT2D eigenvalue weighted by molar-refractivity contribution is 5.84. The molecule has 1 atom stereocenters. The van der Waals surface area contributed by atoms with E-state index in [0.29, 0.717) is 6.42 Å². The van der Waals surface area contributed by atoms with Gasteiger partial charge in [0.2, 0.25) is 5.91 Å². The van der Waals surface area contributed by atoms with Gasteiger partial charge in [-0.2, -0.15) is 0 Å². The molecule has 1 unspecified atom stereocenters. The summed E-state index contributed by atoms with van der Waals surface area (Å²) in [6, 6.07) is 7.67. The Morgan fingerprint density at radius 1 is 1.44 bits per heavy atom. The minimum absolute atomic E-state index is 0.346. The number of primary amides is 1. The lowest BCUT2D eigenvalue weighted by Crippen LogP contribution is -2.54. The zero-order chi connectivity index (χ0) is 13.6. The molecule has 0 heterocycles. The first-order valence-corrected chi connectivity index (χ1v) is 6.20. The molecular formula is C14H22N2O2. The third-order valence-electron chi connectivity index (χ3n) is 3.05. The number of nitrogens with one attached hydrogen (secondary N) is 1. The third kappa shape index (κ3) is 3.47. The monoisotopic (exact) mass is 250 g/mol. The molecular weight excluding hydrogens is 228 g/mol. The minimum Gasteiger partial charge on any atom is -0.496 e. The number of methoxy groups -OCH3 is 1. The summed E-state index contributed by atoms with van der Waals surface area (Å²) in [7, 11) is 1.62. The van der Waals surface area contributed by atoms with E-state index in [1.165, 1.54) is 0 Å². The maximum atomic E-state index is 11.7. The molecule has 0 bridgehead atoms. The molecule has 0 fully saturated rings. The lowest BCUT2D eigenvalue weighted by Gasteiger charge is -2.28. The van der Waals surface area contributed by atoms with Crippen molar-refractivity contribution in [3.63, 3.8) is 0 Å². The van der Waals surface area contributed by atoms with E-state index in [0.717, 1.165) is 24.3 Å². The Kier molecular flexibility index (Phi) is 5.16. The van der Waals surface area contributed by atoms with Crippen molar-refractivity contribution in [2.24, 2.45) is 5.73 Å². The number of rotatable bonds is 7. The number of hydrogen-bond donors (Lipinski definition) is 2. The lowest BCUT2D eigenvalue weighted by molar-refractivity contribution is -0.123. The van der Waals surface area contributed by atoms with Gasteiger partial charge in [0.1, 0.15) is 5.75 Å². The molecule has 4 nitrogen and oxygen atoms in total. The predicted octanol–water partition coefficient (Wildman–Crippen LogP) is 1.48. The van der Waals surface area contributed by atoms with E-state index in [2.05, 4.69) is 12.2 Å². The molecule has 0 aliphatic carbocycles. The van der Waals surface area contributed by atoms with E-state index in [1.807, 2.05) is 31.2 Å². The Labute approximate surface area is 109 Å². The van der Waals surface area contributed by atoms with Gasteiger partial charge < -0.3 is 15.8 Å². The van der Waals surface area contributed by atoms with Crippen LogP contribution < -0.4 is 15.8 Å². The lowest BCUT2D eigenvalue weighted by atomic mass is 9.91. The van der Waals surface area contributed by atoms with Crippen molar-refractivity contribution < 1.29 is 9.53 Å². The normalized spacial score (nSPS) is 13.9. The molecule has 1 aromatic carbocycles. The Hall–Kier alpha value is -1.55. The fourth-order valence-electron chi connectivity index (χ4n) is 1.87. The van der Waals surface area contributed by atoms with Crippen LogP contribution in [0.4, 0.5) is 0 Å². The quantitative estimate of drug-likeness (QED) is 0.770. The summed E-state index contributed by atoms with van der Waals surface area (Å²) in [5, 5.41) is 3.21. The SMILES string of the molecule is CCCNC(C)(Cc1ccccc1OC)C(N)=O. The standard InChI is InChI=1S/C14H22N2O2/c1-4-9-16-14(2,13(15)17)10-11-7-5-6-8-12(11)18-3/h5-8,16H,4,9-10H2,1-3H3,(H2,15,17). The van der Waals surface area contributed by atoms with Gasteiger partial charge in [-0.05, 0) is 31.5 Å². The molecule has 3 N–H and O–H groups in total. The molecule has 0 spiro atoms. The fraction of sp³-hybridized carbons (Fsp3) is 0.500. The number of benzene rings is 1. The van der Waals surface area contributed by atoms with Crippen LogP contribution in [0.2, 0.25) is 0 Å². The van der Waals surface area contributed by atoms with Crippen LogP contribution in [0, 0.1) is 0 Å². The van der Waals surface area contributed by atoms with E-state index in [1.54, 1.807) is 7.11 Å². The number of carbonyl (C=O) groups excluding carboxylic acids is 1. The second kappa shape index (κ2) is 6.40. The molecule has 100 valence electrons.